The van der Waals surface area contributed by atoms with Crippen molar-refractivity contribution in [2.45, 2.75) is 11.8 Å². The molecular formula is C11H18N4O4S2. The van der Waals surface area contributed by atoms with E-state index in [4.69, 9.17) is 10.9 Å². The van der Waals surface area contributed by atoms with Crippen LogP contribution in [0.25, 0.3) is 0 Å². The topological polar surface area (TPSA) is 127 Å². The van der Waals surface area contributed by atoms with Crippen molar-refractivity contribution in [2.75, 3.05) is 31.9 Å². The van der Waals surface area contributed by atoms with Crippen LogP contribution in [-0.2, 0) is 20.2 Å². The average molecular weight is 334 g/mol. The first kappa shape index (κ1) is 16.2. The number of nitrogen functional groups attached to an aromatic ring is 1. The van der Waals surface area contributed by atoms with Gasteiger partial charge >= 0.3 is 0 Å². The van der Waals surface area contributed by atoms with Gasteiger partial charge in [-0.2, -0.15) is 17.0 Å². The van der Waals surface area contributed by atoms with Crippen molar-refractivity contribution >= 4 is 25.9 Å². The maximum absolute atomic E-state index is 12.6. The van der Waals surface area contributed by atoms with Crippen molar-refractivity contribution in [1.29, 1.82) is 0 Å². The van der Waals surface area contributed by atoms with Gasteiger partial charge in [-0.3, -0.25) is 0 Å². The lowest BCUT2D eigenvalue weighted by Gasteiger charge is -2.32. The van der Waals surface area contributed by atoms with Gasteiger partial charge in [0, 0.05) is 31.9 Å². The molecule has 0 aliphatic carbocycles. The Labute approximate surface area is 124 Å². The van der Waals surface area contributed by atoms with Gasteiger partial charge in [-0.05, 0) is 30.7 Å². The van der Waals surface area contributed by atoms with E-state index in [1.807, 2.05) is 0 Å². The molecule has 1 fully saturated rings. The Morgan fingerprint density at radius 2 is 1.52 bits per heavy atom. The van der Waals surface area contributed by atoms with Crippen molar-refractivity contribution in [3.8, 4) is 0 Å². The molecule has 1 aromatic carbocycles. The van der Waals surface area contributed by atoms with Crippen molar-refractivity contribution in [3.63, 3.8) is 0 Å². The molecule has 1 heterocycles. The van der Waals surface area contributed by atoms with Crippen LogP contribution in [0.3, 0.4) is 0 Å². The molecule has 0 spiro atoms. The number of sulfonamides is 1. The van der Waals surface area contributed by atoms with E-state index in [0.29, 0.717) is 11.3 Å². The van der Waals surface area contributed by atoms with Crippen LogP contribution in [0.4, 0.5) is 5.69 Å². The molecule has 10 heteroatoms. The van der Waals surface area contributed by atoms with Crippen LogP contribution in [-0.4, -0.2) is 51.6 Å². The molecule has 2 rings (SSSR count). The highest BCUT2D eigenvalue weighted by atomic mass is 32.2. The number of anilines is 1. The summed E-state index contributed by atoms with van der Waals surface area (Å²) < 4.78 is 49.9. The molecule has 118 valence electrons. The molecule has 0 amide bonds. The first-order valence-corrected chi connectivity index (χ1v) is 9.21. The smallest absolute Gasteiger partial charge is 0.276 e. The summed E-state index contributed by atoms with van der Waals surface area (Å²) in [5.74, 6) is 0. The molecular weight excluding hydrogens is 316 g/mol. The van der Waals surface area contributed by atoms with Gasteiger partial charge in [0.05, 0.1) is 4.90 Å². The van der Waals surface area contributed by atoms with Gasteiger partial charge < -0.3 is 5.73 Å². The zero-order chi connectivity index (χ0) is 15.8. The van der Waals surface area contributed by atoms with E-state index in [1.54, 1.807) is 13.0 Å². The summed E-state index contributed by atoms with van der Waals surface area (Å²) in [7, 11) is -7.44. The van der Waals surface area contributed by atoms with Crippen molar-refractivity contribution in [1.82, 2.24) is 8.61 Å². The first-order valence-electron chi connectivity index (χ1n) is 6.26. The Balaban J connectivity index is 2.23. The fraction of sp³-hybridized carbons (Fsp3) is 0.455. The lowest BCUT2D eigenvalue weighted by molar-refractivity contribution is 0.273. The van der Waals surface area contributed by atoms with Crippen LogP contribution in [0, 0.1) is 6.92 Å². The Kier molecular flexibility index (Phi) is 4.26. The number of nitrogens with zero attached hydrogens (tertiary/aromatic N) is 2. The van der Waals surface area contributed by atoms with Crippen molar-refractivity contribution in [3.05, 3.63) is 23.8 Å². The van der Waals surface area contributed by atoms with Crippen molar-refractivity contribution in [2.24, 2.45) is 5.14 Å². The normalized spacial score (nSPS) is 18.8. The van der Waals surface area contributed by atoms with Gasteiger partial charge in [-0.15, -0.1) is 0 Å². The largest absolute Gasteiger partial charge is 0.399 e. The van der Waals surface area contributed by atoms with E-state index >= 15 is 0 Å². The van der Waals surface area contributed by atoms with E-state index in [0.717, 1.165) is 4.31 Å². The number of benzene rings is 1. The summed E-state index contributed by atoms with van der Waals surface area (Å²) in [5, 5.41) is 5.03. The Morgan fingerprint density at radius 1 is 1.00 bits per heavy atom. The highest BCUT2D eigenvalue weighted by molar-refractivity contribution is 7.89. The van der Waals surface area contributed by atoms with Gasteiger partial charge in [0.25, 0.3) is 10.2 Å². The third-order valence-corrected chi connectivity index (χ3v) is 6.52. The molecule has 0 atom stereocenters. The number of rotatable bonds is 3. The van der Waals surface area contributed by atoms with E-state index < -0.39 is 20.2 Å². The summed E-state index contributed by atoms with van der Waals surface area (Å²) >= 11 is 0. The van der Waals surface area contributed by atoms with Crippen LogP contribution in [0.15, 0.2) is 23.1 Å². The van der Waals surface area contributed by atoms with E-state index in [-0.39, 0.29) is 31.1 Å². The second kappa shape index (κ2) is 5.54. The molecule has 0 unspecified atom stereocenters. The van der Waals surface area contributed by atoms with E-state index in [2.05, 4.69) is 0 Å². The number of aryl methyl sites for hydroxylation is 1. The molecule has 1 aromatic rings. The standard InChI is InChI=1S/C11H18N4O4S2/c1-9-8-10(12)2-3-11(9)20(16,17)14-4-6-15(7-5-14)21(13,18)19/h2-3,8H,4-7,12H2,1H3,(H2,13,18,19). The summed E-state index contributed by atoms with van der Waals surface area (Å²) in [5.41, 5.74) is 6.67. The Hall–Kier alpha value is -1.20. The van der Waals surface area contributed by atoms with Crippen LogP contribution >= 0.6 is 0 Å². The monoisotopic (exact) mass is 334 g/mol. The van der Waals surface area contributed by atoms with Gasteiger partial charge in [-0.25, -0.2) is 13.6 Å². The van der Waals surface area contributed by atoms with E-state index in [1.165, 1.54) is 16.4 Å². The summed E-state index contributed by atoms with van der Waals surface area (Å²) in [4.78, 5) is 0.181. The van der Waals surface area contributed by atoms with Gasteiger partial charge in [0.1, 0.15) is 0 Å². The maximum atomic E-state index is 12.6. The first-order chi connectivity index (χ1) is 9.62. The number of piperazine rings is 1. The minimum Gasteiger partial charge on any atom is -0.399 e. The van der Waals surface area contributed by atoms with Crippen LogP contribution < -0.4 is 10.9 Å². The van der Waals surface area contributed by atoms with Crippen molar-refractivity contribution < 1.29 is 16.8 Å². The second-order valence-corrected chi connectivity index (χ2v) is 8.33. The van der Waals surface area contributed by atoms with Crippen LogP contribution in [0.5, 0.6) is 0 Å². The minimum atomic E-state index is -3.78. The highest BCUT2D eigenvalue weighted by Gasteiger charge is 2.32. The predicted octanol–water partition coefficient (Wildman–Crippen LogP) is -0.913. The molecule has 21 heavy (non-hydrogen) atoms. The Bertz CT molecular complexity index is 737. The molecule has 0 radical (unpaired) electrons. The molecule has 8 nitrogen and oxygen atoms in total. The summed E-state index contributed by atoms with van der Waals surface area (Å²) in [6.45, 7) is 1.91. The lowest BCUT2D eigenvalue weighted by atomic mass is 10.2. The molecule has 0 saturated carbocycles. The van der Waals surface area contributed by atoms with Crippen LogP contribution in [0.1, 0.15) is 5.56 Å². The van der Waals surface area contributed by atoms with Gasteiger partial charge in [0.15, 0.2) is 0 Å². The molecule has 0 bridgehead atoms. The highest BCUT2D eigenvalue weighted by Crippen LogP contribution is 2.23. The maximum Gasteiger partial charge on any atom is 0.276 e. The zero-order valence-corrected chi connectivity index (χ0v) is 13.2. The fourth-order valence-corrected chi connectivity index (χ4v) is 4.57. The van der Waals surface area contributed by atoms with Crippen LogP contribution in [0.2, 0.25) is 0 Å². The third kappa shape index (κ3) is 3.35. The van der Waals surface area contributed by atoms with Gasteiger partial charge in [0.2, 0.25) is 10.0 Å². The fourth-order valence-electron chi connectivity index (χ4n) is 2.27. The summed E-state index contributed by atoms with van der Waals surface area (Å²) in [6, 6.07) is 4.58. The second-order valence-electron chi connectivity index (χ2n) is 4.87. The summed E-state index contributed by atoms with van der Waals surface area (Å²) in [6.07, 6.45) is 0. The number of nitrogens with two attached hydrogens (primary N) is 2. The van der Waals surface area contributed by atoms with Gasteiger partial charge in [-0.1, -0.05) is 0 Å². The quantitative estimate of drug-likeness (QED) is 0.692. The average Bonchev–Trinajstić information content (AvgIpc) is 2.37. The number of hydrogen-bond donors (Lipinski definition) is 2. The molecule has 4 N–H and O–H groups in total. The minimum absolute atomic E-state index is 0.0477. The molecule has 0 aromatic heterocycles. The third-order valence-electron chi connectivity index (χ3n) is 3.37. The Morgan fingerprint density at radius 3 is 2.00 bits per heavy atom. The predicted molar refractivity (Wildman–Crippen MR) is 79.0 cm³/mol. The molecule has 1 saturated heterocycles. The molecule has 1 aliphatic rings. The molecule has 1 aliphatic heterocycles. The van der Waals surface area contributed by atoms with E-state index in [9.17, 15) is 16.8 Å². The lowest BCUT2D eigenvalue weighted by Crippen LogP contribution is -2.52. The zero-order valence-electron chi connectivity index (χ0n) is 11.6. The number of hydrogen-bond acceptors (Lipinski definition) is 5. The SMILES string of the molecule is Cc1cc(N)ccc1S(=O)(=O)N1CCN(S(N)(=O)=O)CC1.